The molecule has 1 fully saturated rings. The highest BCUT2D eigenvalue weighted by Gasteiger charge is 2.33. The highest BCUT2D eigenvalue weighted by molar-refractivity contribution is 8.01. The molecule has 0 aromatic heterocycles. The molecule has 1 unspecified atom stereocenters. The normalized spacial score (nSPS) is 22.5. The molecule has 0 aromatic carbocycles. The van der Waals surface area contributed by atoms with E-state index >= 15 is 0 Å². The summed E-state index contributed by atoms with van der Waals surface area (Å²) in [5.74, 6) is 1.70. The van der Waals surface area contributed by atoms with Crippen LogP contribution in [0.3, 0.4) is 0 Å². The molecular weight excluding hydrogens is 252 g/mol. The SMILES string of the molecule is CCS(=O)(=O)C1CSCCN1C(=S)NC. The average Bonchev–Trinajstić information content (AvgIpc) is 2.28. The van der Waals surface area contributed by atoms with Gasteiger partial charge in [-0.1, -0.05) is 6.92 Å². The summed E-state index contributed by atoms with van der Waals surface area (Å²) in [6, 6.07) is 0. The summed E-state index contributed by atoms with van der Waals surface area (Å²) >= 11 is 6.78. The van der Waals surface area contributed by atoms with Crippen molar-refractivity contribution in [3.8, 4) is 0 Å². The molecule has 1 heterocycles. The summed E-state index contributed by atoms with van der Waals surface area (Å²) in [7, 11) is -1.33. The van der Waals surface area contributed by atoms with Crippen LogP contribution < -0.4 is 5.32 Å². The van der Waals surface area contributed by atoms with Gasteiger partial charge < -0.3 is 10.2 Å². The van der Waals surface area contributed by atoms with E-state index in [9.17, 15) is 8.42 Å². The van der Waals surface area contributed by atoms with Gasteiger partial charge in [-0.05, 0) is 12.2 Å². The summed E-state index contributed by atoms with van der Waals surface area (Å²) < 4.78 is 23.7. The first-order valence-corrected chi connectivity index (χ1v) is 8.08. The second kappa shape index (κ2) is 5.36. The van der Waals surface area contributed by atoms with Crippen LogP contribution in [0.1, 0.15) is 6.92 Å². The van der Waals surface area contributed by atoms with Crippen molar-refractivity contribution in [2.75, 3.05) is 30.9 Å². The lowest BCUT2D eigenvalue weighted by atomic mass is 10.5. The van der Waals surface area contributed by atoms with Crippen molar-refractivity contribution >= 4 is 38.9 Å². The van der Waals surface area contributed by atoms with E-state index in [0.29, 0.717) is 17.4 Å². The molecule has 1 N–H and O–H groups in total. The minimum Gasteiger partial charge on any atom is -0.366 e. The third-order valence-corrected chi connectivity index (χ3v) is 6.10. The maximum atomic E-state index is 11.8. The molecule has 1 rings (SSSR count). The Kier molecular flexibility index (Phi) is 4.66. The Balaban J connectivity index is 2.88. The van der Waals surface area contributed by atoms with Crippen molar-refractivity contribution in [3.05, 3.63) is 0 Å². The lowest BCUT2D eigenvalue weighted by Crippen LogP contribution is -2.53. The summed E-state index contributed by atoms with van der Waals surface area (Å²) in [6.07, 6.45) is 0. The lowest BCUT2D eigenvalue weighted by Gasteiger charge is -2.36. The average molecular weight is 268 g/mol. The highest BCUT2D eigenvalue weighted by Crippen LogP contribution is 2.21. The van der Waals surface area contributed by atoms with Crippen LogP contribution in [-0.2, 0) is 9.84 Å². The molecule has 0 amide bonds. The largest absolute Gasteiger partial charge is 0.366 e. The Bertz CT molecular complexity index is 329. The molecule has 7 heteroatoms. The quantitative estimate of drug-likeness (QED) is 0.727. The molecule has 1 saturated heterocycles. The second-order valence-electron chi connectivity index (χ2n) is 3.23. The Labute approximate surface area is 101 Å². The molecule has 0 radical (unpaired) electrons. The van der Waals surface area contributed by atoms with Crippen LogP contribution in [0.4, 0.5) is 0 Å². The fourth-order valence-corrected chi connectivity index (χ4v) is 4.71. The van der Waals surface area contributed by atoms with Gasteiger partial charge in [0.05, 0.1) is 0 Å². The van der Waals surface area contributed by atoms with E-state index in [2.05, 4.69) is 5.32 Å². The van der Waals surface area contributed by atoms with Crippen LogP contribution in [0.2, 0.25) is 0 Å². The molecule has 15 heavy (non-hydrogen) atoms. The highest BCUT2D eigenvalue weighted by atomic mass is 32.2. The van der Waals surface area contributed by atoms with Crippen LogP contribution in [0, 0.1) is 0 Å². The van der Waals surface area contributed by atoms with E-state index in [1.165, 1.54) is 0 Å². The number of thioether (sulfide) groups is 1. The topological polar surface area (TPSA) is 49.4 Å². The number of hydrogen-bond acceptors (Lipinski definition) is 4. The number of thiocarbonyl (C=S) groups is 1. The maximum absolute atomic E-state index is 11.8. The fourth-order valence-electron chi connectivity index (χ4n) is 1.45. The fraction of sp³-hybridized carbons (Fsp3) is 0.875. The zero-order valence-corrected chi connectivity index (χ0v) is 11.3. The van der Waals surface area contributed by atoms with Crippen molar-refractivity contribution in [1.82, 2.24) is 10.2 Å². The predicted octanol–water partition coefficient (Wildman–Crippen LogP) is 0.300. The molecule has 0 aliphatic carbocycles. The molecule has 1 atom stereocenters. The minimum absolute atomic E-state index is 0.168. The van der Waals surface area contributed by atoms with Crippen LogP contribution >= 0.6 is 24.0 Å². The molecule has 1 aliphatic rings. The van der Waals surface area contributed by atoms with Gasteiger partial charge in [-0.2, -0.15) is 11.8 Å². The first kappa shape index (κ1) is 13.1. The van der Waals surface area contributed by atoms with Crippen molar-refractivity contribution in [3.63, 3.8) is 0 Å². The second-order valence-corrected chi connectivity index (χ2v) is 7.21. The van der Waals surface area contributed by atoms with Gasteiger partial charge in [0.25, 0.3) is 0 Å². The van der Waals surface area contributed by atoms with Gasteiger partial charge in [-0.15, -0.1) is 0 Å². The number of rotatable bonds is 2. The van der Waals surface area contributed by atoms with Crippen LogP contribution in [0.15, 0.2) is 0 Å². The zero-order chi connectivity index (χ0) is 11.5. The van der Waals surface area contributed by atoms with Gasteiger partial charge in [0.2, 0.25) is 0 Å². The maximum Gasteiger partial charge on any atom is 0.171 e. The number of sulfone groups is 1. The Hall–Kier alpha value is -0.0100. The summed E-state index contributed by atoms with van der Waals surface area (Å²) in [5, 5.41) is 2.91. The molecule has 0 spiro atoms. The van der Waals surface area contributed by atoms with E-state index in [1.54, 1.807) is 30.6 Å². The number of hydrogen-bond donors (Lipinski definition) is 1. The van der Waals surface area contributed by atoms with E-state index in [4.69, 9.17) is 12.2 Å². The summed E-state index contributed by atoms with van der Waals surface area (Å²) in [6.45, 7) is 2.38. The van der Waals surface area contributed by atoms with Crippen molar-refractivity contribution in [2.45, 2.75) is 12.3 Å². The van der Waals surface area contributed by atoms with Crippen molar-refractivity contribution in [1.29, 1.82) is 0 Å². The molecule has 1 aliphatic heterocycles. The van der Waals surface area contributed by atoms with E-state index in [0.717, 1.165) is 5.75 Å². The molecular formula is C8H16N2O2S3. The molecule has 0 aromatic rings. The first-order chi connectivity index (χ1) is 7.03. The standard InChI is InChI=1S/C8H16N2O2S3/c1-3-15(11,12)7-6-14-5-4-10(7)8(13)9-2/h7H,3-6H2,1-2H3,(H,9,13). The minimum atomic E-state index is -3.05. The molecule has 88 valence electrons. The number of nitrogens with one attached hydrogen (secondary N) is 1. The molecule has 4 nitrogen and oxygen atoms in total. The first-order valence-electron chi connectivity index (χ1n) is 4.80. The lowest BCUT2D eigenvalue weighted by molar-refractivity contribution is 0.406. The van der Waals surface area contributed by atoms with Crippen LogP contribution in [0.5, 0.6) is 0 Å². The Morgan fingerprint density at radius 1 is 1.67 bits per heavy atom. The van der Waals surface area contributed by atoms with Gasteiger partial charge in [0.1, 0.15) is 5.37 Å². The van der Waals surface area contributed by atoms with Gasteiger partial charge in [-0.25, -0.2) is 8.42 Å². The van der Waals surface area contributed by atoms with Gasteiger partial charge in [-0.3, -0.25) is 0 Å². The van der Waals surface area contributed by atoms with Gasteiger partial charge >= 0.3 is 0 Å². The summed E-state index contributed by atoms with van der Waals surface area (Å²) in [5.41, 5.74) is 0. The Morgan fingerprint density at radius 2 is 2.33 bits per heavy atom. The third kappa shape index (κ3) is 2.98. The van der Waals surface area contributed by atoms with Crippen LogP contribution in [0.25, 0.3) is 0 Å². The smallest absolute Gasteiger partial charge is 0.171 e. The molecule has 0 saturated carbocycles. The predicted molar refractivity (Wildman–Crippen MR) is 68.9 cm³/mol. The third-order valence-electron chi connectivity index (χ3n) is 2.38. The van der Waals surface area contributed by atoms with Crippen molar-refractivity contribution < 1.29 is 8.42 Å². The van der Waals surface area contributed by atoms with E-state index in [1.807, 2.05) is 0 Å². The summed E-state index contributed by atoms with van der Waals surface area (Å²) in [4.78, 5) is 1.78. The van der Waals surface area contributed by atoms with E-state index < -0.39 is 15.2 Å². The Morgan fingerprint density at radius 3 is 2.87 bits per heavy atom. The zero-order valence-electron chi connectivity index (χ0n) is 8.89. The number of nitrogens with zero attached hydrogens (tertiary/aromatic N) is 1. The molecule has 0 bridgehead atoms. The monoisotopic (exact) mass is 268 g/mol. The van der Waals surface area contributed by atoms with Crippen LogP contribution in [-0.4, -0.2) is 54.7 Å². The van der Waals surface area contributed by atoms with Gasteiger partial charge in [0.15, 0.2) is 14.9 Å². The van der Waals surface area contributed by atoms with E-state index in [-0.39, 0.29) is 5.75 Å². The van der Waals surface area contributed by atoms with Gasteiger partial charge in [0, 0.05) is 30.9 Å². The van der Waals surface area contributed by atoms with Crippen molar-refractivity contribution in [2.24, 2.45) is 0 Å².